The molecule has 3 nitrogen and oxygen atoms in total. The lowest BCUT2D eigenvalue weighted by Gasteiger charge is -2.28. The van der Waals surface area contributed by atoms with Gasteiger partial charge in [-0.1, -0.05) is 13.8 Å². The van der Waals surface area contributed by atoms with E-state index in [0.29, 0.717) is 0 Å². The van der Waals surface area contributed by atoms with Gasteiger partial charge in [-0.2, -0.15) is 0 Å². The lowest BCUT2D eigenvalue weighted by Crippen LogP contribution is -2.40. The predicted molar refractivity (Wildman–Crippen MR) is 76.1 cm³/mol. The molecule has 0 radical (unpaired) electrons. The van der Waals surface area contributed by atoms with Gasteiger partial charge in [0.1, 0.15) is 5.75 Å². The van der Waals surface area contributed by atoms with Gasteiger partial charge in [-0.3, -0.25) is 4.98 Å². The van der Waals surface area contributed by atoms with Crippen LogP contribution < -0.4 is 10.1 Å². The molecule has 18 heavy (non-hydrogen) atoms. The lowest BCUT2D eigenvalue weighted by atomic mass is 9.95. The molecular formula is C15H26N2O. The molecule has 0 fully saturated rings. The first kappa shape index (κ1) is 15.0. The summed E-state index contributed by atoms with van der Waals surface area (Å²) in [4.78, 5) is 4.52. The maximum absolute atomic E-state index is 5.43. The average molecular weight is 250 g/mol. The van der Waals surface area contributed by atoms with Crippen LogP contribution >= 0.6 is 0 Å². The molecule has 0 amide bonds. The fraction of sp³-hybridized carbons (Fsp3) is 0.667. The van der Waals surface area contributed by atoms with E-state index in [0.717, 1.165) is 42.0 Å². The molecule has 102 valence electrons. The SMILES string of the molecule is CCC(C)(CC)NCc1ncc(C)c(OC)c1C. The highest BCUT2D eigenvalue weighted by Gasteiger charge is 2.19. The Morgan fingerprint density at radius 1 is 1.28 bits per heavy atom. The summed E-state index contributed by atoms with van der Waals surface area (Å²) in [6.07, 6.45) is 4.12. The van der Waals surface area contributed by atoms with Crippen LogP contribution in [-0.4, -0.2) is 17.6 Å². The second-order valence-corrected chi connectivity index (χ2v) is 5.17. The van der Waals surface area contributed by atoms with Crippen LogP contribution in [-0.2, 0) is 6.54 Å². The Morgan fingerprint density at radius 3 is 2.39 bits per heavy atom. The summed E-state index contributed by atoms with van der Waals surface area (Å²) in [7, 11) is 1.72. The summed E-state index contributed by atoms with van der Waals surface area (Å²) in [5.41, 5.74) is 3.49. The molecular weight excluding hydrogens is 224 g/mol. The van der Waals surface area contributed by atoms with Crippen molar-refractivity contribution in [2.24, 2.45) is 0 Å². The second kappa shape index (κ2) is 6.19. The molecule has 0 saturated carbocycles. The molecule has 0 spiro atoms. The average Bonchev–Trinajstić information content (AvgIpc) is 2.38. The summed E-state index contributed by atoms with van der Waals surface area (Å²) in [5.74, 6) is 0.955. The molecule has 0 atom stereocenters. The number of nitrogens with zero attached hydrogens (tertiary/aromatic N) is 1. The van der Waals surface area contributed by atoms with Gasteiger partial charge in [0, 0.05) is 29.4 Å². The quantitative estimate of drug-likeness (QED) is 0.840. The van der Waals surface area contributed by atoms with Gasteiger partial charge < -0.3 is 10.1 Å². The predicted octanol–water partition coefficient (Wildman–Crippen LogP) is 3.38. The van der Waals surface area contributed by atoms with Crippen molar-refractivity contribution in [2.75, 3.05) is 7.11 Å². The third-order valence-electron chi connectivity index (χ3n) is 3.99. The van der Waals surface area contributed by atoms with E-state index in [1.807, 2.05) is 13.1 Å². The van der Waals surface area contributed by atoms with Crippen molar-refractivity contribution in [3.63, 3.8) is 0 Å². The standard InChI is InChI=1S/C15H26N2O/c1-7-15(5,8-2)17-10-13-12(4)14(18-6)11(3)9-16-13/h9,17H,7-8,10H2,1-6H3. The van der Waals surface area contributed by atoms with Crippen LogP contribution in [0, 0.1) is 13.8 Å². The Bertz CT molecular complexity index is 398. The van der Waals surface area contributed by atoms with Crippen molar-refractivity contribution in [3.05, 3.63) is 23.0 Å². The molecule has 0 aromatic carbocycles. The number of methoxy groups -OCH3 is 1. The van der Waals surface area contributed by atoms with Gasteiger partial charge in [0.05, 0.1) is 12.8 Å². The number of aromatic nitrogens is 1. The van der Waals surface area contributed by atoms with Gasteiger partial charge in [0.25, 0.3) is 0 Å². The Hall–Kier alpha value is -1.09. The highest BCUT2D eigenvalue weighted by atomic mass is 16.5. The Labute approximate surface area is 111 Å². The van der Waals surface area contributed by atoms with E-state index in [1.54, 1.807) is 7.11 Å². The molecule has 0 aliphatic rings. The van der Waals surface area contributed by atoms with Crippen molar-refractivity contribution in [2.45, 2.75) is 59.5 Å². The molecule has 1 aromatic heterocycles. The zero-order chi connectivity index (χ0) is 13.8. The van der Waals surface area contributed by atoms with Gasteiger partial charge in [0.2, 0.25) is 0 Å². The monoisotopic (exact) mass is 250 g/mol. The van der Waals surface area contributed by atoms with Crippen molar-refractivity contribution in [1.29, 1.82) is 0 Å². The molecule has 3 heteroatoms. The smallest absolute Gasteiger partial charge is 0.128 e. The van der Waals surface area contributed by atoms with Gasteiger partial charge in [-0.15, -0.1) is 0 Å². The Morgan fingerprint density at radius 2 is 1.89 bits per heavy atom. The molecule has 0 aliphatic carbocycles. The third kappa shape index (κ3) is 3.22. The zero-order valence-corrected chi connectivity index (χ0v) is 12.6. The summed E-state index contributed by atoms with van der Waals surface area (Å²) in [6, 6.07) is 0. The van der Waals surface area contributed by atoms with E-state index in [1.165, 1.54) is 0 Å². The molecule has 0 saturated heterocycles. The minimum atomic E-state index is 0.187. The molecule has 1 heterocycles. The number of hydrogen-bond donors (Lipinski definition) is 1. The minimum absolute atomic E-state index is 0.187. The third-order valence-corrected chi connectivity index (χ3v) is 3.99. The van der Waals surface area contributed by atoms with E-state index in [-0.39, 0.29) is 5.54 Å². The van der Waals surface area contributed by atoms with E-state index in [9.17, 15) is 0 Å². The van der Waals surface area contributed by atoms with E-state index >= 15 is 0 Å². The van der Waals surface area contributed by atoms with Gasteiger partial charge in [0.15, 0.2) is 0 Å². The van der Waals surface area contributed by atoms with Crippen molar-refractivity contribution in [3.8, 4) is 5.75 Å². The first-order valence-electron chi connectivity index (χ1n) is 6.71. The highest BCUT2D eigenvalue weighted by Crippen LogP contribution is 2.24. The Kier molecular flexibility index (Phi) is 5.15. The summed E-state index contributed by atoms with van der Waals surface area (Å²) >= 11 is 0. The molecule has 0 unspecified atom stereocenters. The van der Waals surface area contributed by atoms with E-state index in [2.05, 4.69) is 38.0 Å². The normalized spacial score (nSPS) is 11.7. The van der Waals surface area contributed by atoms with Gasteiger partial charge in [-0.05, 0) is 33.6 Å². The van der Waals surface area contributed by atoms with Crippen LogP contribution in [0.4, 0.5) is 0 Å². The first-order chi connectivity index (χ1) is 8.47. The van der Waals surface area contributed by atoms with Crippen LogP contribution in [0.2, 0.25) is 0 Å². The number of nitrogens with one attached hydrogen (secondary N) is 1. The fourth-order valence-electron chi connectivity index (χ4n) is 2.05. The summed E-state index contributed by atoms with van der Waals surface area (Å²) < 4.78 is 5.43. The number of rotatable bonds is 6. The van der Waals surface area contributed by atoms with Crippen LogP contribution in [0.3, 0.4) is 0 Å². The maximum Gasteiger partial charge on any atom is 0.128 e. The molecule has 0 bridgehead atoms. The van der Waals surface area contributed by atoms with Crippen LogP contribution in [0.25, 0.3) is 0 Å². The maximum atomic E-state index is 5.43. The number of pyridine rings is 1. The molecule has 1 N–H and O–H groups in total. The topological polar surface area (TPSA) is 34.2 Å². The van der Waals surface area contributed by atoms with Gasteiger partial charge in [-0.25, -0.2) is 0 Å². The van der Waals surface area contributed by atoms with Crippen LogP contribution in [0.1, 0.15) is 50.4 Å². The first-order valence-corrected chi connectivity index (χ1v) is 6.71. The van der Waals surface area contributed by atoms with Gasteiger partial charge >= 0.3 is 0 Å². The number of hydrogen-bond acceptors (Lipinski definition) is 3. The van der Waals surface area contributed by atoms with Crippen molar-refractivity contribution in [1.82, 2.24) is 10.3 Å². The van der Waals surface area contributed by atoms with Crippen LogP contribution in [0.15, 0.2) is 6.20 Å². The van der Waals surface area contributed by atoms with E-state index in [4.69, 9.17) is 4.74 Å². The number of aryl methyl sites for hydroxylation is 1. The molecule has 1 aromatic rings. The second-order valence-electron chi connectivity index (χ2n) is 5.17. The molecule has 0 aliphatic heterocycles. The summed E-state index contributed by atoms with van der Waals surface area (Å²) in [5, 5.41) is 3.61. The largest absolute Gasteiger partial charge is 0.496 e. The van der Waals surface area contributed by atoms with E-state index < -0.39 is 0 Å². The fourth-order valence-corrected chi connectivity index (χ4v) is 2.05. The van der Waals surface area contributed by atoms with Crippen LogP contribution in [0.5, 0.6) is 5.75 Å². The minimum Gasteiger partial charge on any atom is -0.496 e. The van der Waals surface area contributed by atoms with Crippen molar-refractivity contribution >= 4 is 0 Å². The number of ether oxygens (including phenoxy) is 1. The highest BCUT2D eigenvalue weighted by molar-refractivity contribution is 5.41. The Balaban J connectivity index is 2.86. The lowest BCUT2D eigenvalue weighted by molar-refractivity contribution is 0.326. The molecule has 1 rings (SSSR count). The zero-order valence-electron chi connectivity index (χ0n) is 12.6. The van der Waals surface area contributed by atoms with Crippen molar-refractivity contribution < 1.29 is 4.74 Å². The summed E-state index contributed by atoms with van der Waals surface area (Å²) in [6.45, 7) is 11.6.